The molecule has 2 aromatic heterocycles. The minimum absolute atomic E-state index is 0.0972. The first-order valence-electron chi connectivity index (χ1n) is 3.95. The summed E-state index contributed by atoms with van der Waals surface area (Å²) in [4.78, 5) is 6.49. The van der Waals surface area contributed by atoms with Gasteiger partial charge in [0.2, 0.25) is 0 Å². The maximum atomic E-state index is 3.25. The van der Waals surface area contributed by atoms with Crippen LogP contribution in [0.1, 0.15) is 0 Å². The van der Waals surface area contributed by atoms with Crippen LogP contribution in [0.15, 0.2) is 36.7 Å². The van der Waals surface area contributed by atoms with Crippen LogP contribution in [0.3, 0.4) is 0 Å². The average Bonchev–Trinajstić information content (AvgIpc) is 2.74. The molecule has 1 unspecified atom stereocenters. The van der Waals surface area contributed by atoms with Crippen LogP contribution < -0.4 is 10.9 Å². The first-order chi connectivity index (χ1) is 5.95. The van der Waals surface area contributed by atoms with Gasteiger partial charge in [0.1, 0.15) is 0 Å². The summed E-state index contributed by atoms with van der Waals surface area (Å²) < 4.78 is 0. The molecule has 0 bridgehead atoms. The molecule has 0 amide bonds. The Morgan fingerprint density at radius 3 is 2.58 bits per heavy atom. The molecule has 0 radical (unpaired) electrons. The number of aromatic amines is 2. The molecule has 0 spiro atoms. The van der Waals surface area contributed by atoms with E-state index in [9.17, 15) is 0 Å². The maximum absolute atomic E-state index is 3.25. The number of H-pyrrole nitrogens is 2. The molecule has 12 heavy (non-hydrogen) atoms. The zero-order valence-electron chi connectivity index (χ0n) is 6.67. The van der Waals surface area contributed by atoms with Gasteiger partial charge in [-0.1, -0.05) is 0 Å². The third-order valence-corrected chi connectivity index (χ3v) is 6.23. The summed E-state index contributed by atoms with van der Waals surface area (Å²) in [7, 11) is 0.878. The molecule has 0 aliphatic rings. The molecular weight excluding hydrogens is 186 g/mol. The van der Waals surface area contributed by atoms with E-state index in [1.54, 1.807) is 0 Å². The van der Waals surface area contributed by atoms with E-state index in [0.717, 1.165) is 8.27 Å². The monoisotopic (exact) mass is 198 g/mol. The Bertz CT molecular complexity index is 278. The second-order valence-electron chi connectivity index (χ2n) is 2.63. The molecule has 64 valence electrons. The summed E-state index contributed by atoms with van der Waals surface area (Å²) in [6, 6.07) is 8.48. The number of hydrogen-bond acceptors (Lipinski definition) is 0. The van der Waals surface area contributed by atoms with Gasteiger partial charge in [0.15, 0.2) is 0 Å². The molecule has 2 aromatic rings. The second kappa shape index (κ2) is 3.89. The fourth-order valence-electron chi connectivity index (χ4n) is 1.11. The molecule has 4 heteroatoms. The Morgan fingerprint density at radius 2 is 1.92 bits per heavy atom. The zero-order valence-corrected chi connectivity index (χ0v) is 9.09. The third-order valence-electron chi connectivity index (χ3n) is 1.73. The van der Waals surface area contributed by atoms with E-state index >= 15 is 0 Å². The normalized spacial score (nSPS) is 11.7. The van der Waals surface area contributed by atoms with Crippen LogP contribution in [0.5, 0.6) is 0 Å². The van der Waals surface area contributed by atoms with E-state index in [1.807, 2.05) is 12.4 Å². The predicted octanol–water partition coefficient (Wildman–Crippen LogP) is 1.03. The van der Waals surface area contributed by atoms with Gasteiger partial charge in [-0.05, 0) is 0 Å². The Hall–Kier alpha value is -0.580. The van der Waals surface area contributed by atoms with E-state index in [-0.39, 0.29) is 8.27 Å². The molecular formula is C8H12N2P2. The van der Waals surface area contributed by atoms with E-state index < -0.39 is 0 Å². The number of hydrogen-bond donors (Lipinski definition) is 2. The van der Waals surface area contributed by atoms with Gasteiger partial charge in [-0.2, -0.15) is 0 Å². The van der Waals surface area contributed by atoms with Crippen LogP contribution in [0.4, 0.5) is 0 Å². The summed E-state index contributed by atoms with van der Waals surface area (Å²) in [5.41, 5.74) is 2.83. The summed E-state index contributed by atoms with van der Waals surface area (Å²) in [6.07, 6.45) is 3.99. The van der Waals surface area contributed by atoms with E-state index in [4.69, 9.17) is 0 Å². The van der Waals surface area contributed by atoms with Crippen molar-refractivity contribution >= 4 is 27.4 Å². The molecule has 2 heterocycles. The van der Waals surface area contributed by atoms with Gasteiger partial charge in [-0.25, -0.2) is 0 Å². The molecule has 1 atom stereocenters. The predicted molar refractivity (Wildman–Crippen MR) is 60.3 cm³/mol. The fourth-order valence-corrected chi connectivity index (χ4v) is 4.82. The van der Waals surface area contributed by atoms with Crippen molar-refractivity contribution in [3.8, 4) is 0 Å². The Morgan fingerprint density at radius 1 is 1.08 bits per heavy atom. The van der Waals surface area contributed by atoms with E-state index in [0.29, 0.717) is 0 Å². The molecule has 2 N–H and O–H groups in total. The molecule has 0 aliphatic heterocycles. The van der Waals surface area contributed by atoms with Crippen LogP contribution in [-0.2, 0) is 0 Å². The van der Waals surface area contributed by atoms with Crippen molar-refractivity contribution in [1.82, 2.24) is 9.97 Å². The molecule has 2 nitrogen and oxygen atoms in total. The van der Waals surface area contributed by atoms with Crippen LogP contribution in [-0.4, -0.2) is 9.97 Å². The van der Waals surface area contributed by atoms with Gasteiger partial charge in [-0.15, -0.1) is 0 Å². The number of nitrogens with one attached hydrogen (secondary N) is 2. The van der Waals surface area contributed by atoms with Gasteiger partial charge in [0.05, 0.1) is 0 Å². The molecule has 0 fully saturated rings. The Balaban J connectivity index is 1.91. The minimum atomic E-state index is -0.0972. The van der Waals surface area contributed by atoms with Crippen molar-refractivity contribution in [1.29, 1.82) is 0 Å². The number of aromatic nitrogens is 2. The van der Waals surface area contributed by atoms with Crippen molar-refractivity contribution in [2.75, 3.05) is 0 Å². The van der Waals surface area contributed by atoms with Crippen molar-refractivity contribution in [2.24, 2.45) is 0 Å². The molecule has 0 aromatic carbocycles. The Kier molecular flexibility index (Phi) is 2.60. The van der Waals surface area contributed by atoms with Crippen molar-refractivity contribution in [3.63, 3.8) is 0 Å². The summed E-state index contributed by atoms with van der Waals surface area (Å²) in [5.74, 6) is 0. The van der Waals surface area contributed by atoms with Gasteiger partial charge < -0.3 is 0 Å². The van der Waals surface area contributed by atoms with Gasteiger partial charge in [0.25, 0.3) is 0 Å². The average molecular weight is 198 g/mol. The van der Waals surface area contributed by atoms with Crippen molar-refractivity contribution in [3.05, 3.63) is 36.7 Å². The molecule has 2 rings (SSSR count). The first kappa shape index (κ1) is 8.04. The molecule has 0 saturated carbocycles. The van der Waals surface area contributed by atoms with Crippen molar-refractivity contribution in [2.45, 2.75) is 0 Å². The second-order valence-corrected chi connectivity index (χ2v) is 6.76. The summed E-state index contributed by atoms with van der Waals surface area (Å²) in [5, 5.41) is 0. The zero-order chi connectivity index (χ0) is 8.23. The fraction of sp³-hybridized carbons (Fsp3) is 0. The van der Waals surface area contributed by atoms with E-state index in [2.05, 4.69) is 34.2 Å². The summed E-state index contributed by atoms with van der Waals surface area (Å²) >= 11 is 0. The van der Waals surface area contributed by atoms with Crippen LogP contribution >= 0.6 is 16.5 Å². The first-order valence-corrected chi connectivity index (χ1v) is 7.98. The van der Waals surface area contributed by atoms with Gasteiger partial charge in [0, 0.05) is 0 Å². The quantitative estimate of drug-likeness (QED) is 0.690. The molecule has 0 saturated heterocycles. The van der Waals surface area contributed by atoms with Crippen LogP contribution in [0, 0.1) is 0 Å². The van der Waals surface area contributed by atoms with E-state index in [1.165, 1.54) is 10.9 Å². The SMILES string of the molecule is c1c[nH]c(P[PH3]c2ccc[nH]2)c1. The Labute approximate surface area is 74.6 Å². The summed E-state index contributed by atoms with van der Waals surface area (Å²) in [6.45, 7) is 0. The van der Waals surface area contributed by atoms with Gasteiger partial charge in [-0.3, -0.25) is 0 Å². The standard InChI is InChI=1S/C8H12N2P2/c1-3-7(9-5-1)11-12-8-4-2-6-10-8/h1-6,9-11H,12H3. The van der Waals surface area contributed by atoms with Gasteiger partial charge >= 0.3 is 74.0 Å². The molecule has 0 aliphatic carbocycles. The number of rotatable bonds is 3. The van der Waals surface area contributed by atoms with Crippen LogP contribution in [0.25, 0.3) is 0 Å². The van der Waals surface area contributed by atoms with Crippen molar-refractivity contribution < 1.29 is 0 Å². The van der Waals surface area contributed by atoms with Crippen LogP contribution in [0.2, 0.25) is 0 Å². The third kappa shape index (κ3) is 1.97. The topological polar surface area (TPSA) is 31.6 Å².